The molecule has 0 aliphatic heterocycles. The van der Waals surface area contributed by atoms with Crippen molar-refractivity contribution in [3.63, 3.8) is 0 Å². The molecule has 0 saturated heterocycles. The smallest absolute Gasteiger partial charge is 0.334 e. The Labute approximate surface area is 72.5 Å². The average molecular weight is 176 g/mol. The maximum atomic E-state index is 10.4. The van der Waals surface area contributed by atoms with Gasteiger partial charge in [0.15, 0.2) is 0 Å². The van der Waals surface area contributed by atoms with E-state index in [0.29, 0.717) is 0 Å². The molecule has 1 unspecified atom stereocenters. The summed E-state index contributed by atoms with van der Waals surface area (Å²) >= 11 is 0. The van der Waals surface area contributed by atoms with Crippen LogP contribution in [0.3, 0.4) is 0 Å². The number of esters is 1. The van der Waals surface area contributed by atoms with Gasteiger partial charge in [-0.3, -0.25) is 0 Å². The lowest BCUT2D eigenvalue weighted by atomic mass is 10.4. The quantitative estimate of drug-likeness (QED) is 0.472. The van der Waals surface area contributed by atoms with Gasteiger partial charge in [0.2, 0.25) is 0 Å². The van der Waals surface area contributed by atoms with Gasteiger partial charge in [0.1, 0.15) is 12.7 Å². The molecule has 0 bridgehead atoms. The van der Waals surface area contributed by atoms with Crippen molar-refractivity contribution in [1.82, 2.24) is 0 Å². The van der Waals surface area contributed by atoms with Crippen molar-refractivity contribution in [3.05, 3.63) is 12.7 Å². The predicted molar refractivity (Wildman–Crippen MR) is 45.6 cm³/mol. The standard InChI is InChI=1S/C6H10O3.C2H6O/c1-3-4-9-6(8)5(2)7;1-2-3/h3,5,7H,1,4H2,2H3;3H,2H2,1H3. The zero-order valence-corrected chi connectivity index (χ0v) is 7.49. The Morgan fingerprint density at radius 3 is 2.42 bits per heavy atom. The molecular formula is C8H16O4. The first-order chi connectivity index (χ1) is 5.59. The molecule has 4 heteroatoms. The molecule has 1 atom stereocenters. The molecule has 0 aliphatic rings. The van der Waals surface area contributed by atoms with Crippen molar-refractivity contribution in [2.75, 3.05) is 13.2 Å². The van der Waals surface area contributed by atoms with E-state index in [0.717, 1.165) is 0 Å². The van der Waals surface area contributed by atoms with Crippen molar-refractivity contribution in [3.8, 4) is 0 Å². The molecular weight excluding hydrogens is 160 g/mol. The van der Waals surface area contributed by atoms with Crippen LogP contribution in [0.4, 0.5) is 0 Å². The molecule has 2 N–H and O–H groups in total. The van der Waals surface area contributed by atoms with E-state index in [9.17, 15) is 4.79 Å². The van der Waals surface area contributed by atoms with Crippen LogP contribution in [0.2, 0.25) is 0 Å². The van der Waals surface area contributed by atoms with Crippen LogP contribution in [0.5, 0.6) is 0 Å². The van der Waals surface area contributed by atoms with Gasteiger partial charge in [-0.1, -0.05) is 12.7 Å². The normalized spacial score (nSPS) is 10.7. The summed E-state index contributed by atoms with van der Waals surface area (Å²) < 4.78 is 4.45. The molecule has 4 nitrogen and oxygen atoms in total. The first-order valence-electron chi connectivity index (χ1n) is 3.66. The SMILES string of the molecule is C=CCOC(=O)C(C)O.CCO. The van der Waals surface area contributed by atoms with Gasteiger partial charge < -0.3 is 14.9 Å². The number of aliphatic hydroxyl groups is 2. The van der Waals surface area contributed by atoms with E-state index in [1.807, 2.05) is 0 Å². The minimum atomic E-state index is -1.04. The monoisotopic (exact) mass is 176 g/mol. The molecule has 0 heterocycles. The molecule has 0 amide bonds. The van der Waals surface area contributed by atoms with E-state index in [-0.39, 0.29) is 13.2 Å². The topological polar surface area (TPSA) is 66.8 Å². The molecule has 0 saturated carbocycles. The van der Waals surface area contributed by atoms with E-state index in [4.69, 9.17) is 10.2 Å². The van der Waals surface area contributed by atoms with Crippen LogP contribution in [-0.4, -0.2) is 35.5 Å². The van der Waals surface area contributed by atoms with E-state index >= 15 is 0 Å². The molecule has 0 rings (SSSR count). The highest BCUT2D eigenvalue weighted by molar-refractivity contribution is 5.73. The lowest BCUT2D eigenvalue weighted by Gasteiger charge is -2.01. The van der Waals surface area contributed by atoms with Crippen molar-refractivity contribution < 1.29 is 19.7 Å². The number of carbonyl (C=O) groups is 1. The van der Waals surface area contributed by atoms with E-state index in [2.05, 4.69) is 11.3 Å². The Bertz CT molecular complexity index is 120. The maximum absolute atomic E-state index is 10.4. The third-order valence-corrected chi connectivity index (χ3v) is 0.685. The number of carbonyl (C=O) groups excluding carboxylic acids is 1. The molecule has 0 radical (unpaired) electrons. The summed E-state index contributed by atoms with van der Waals surface area (Å²) in [5.74, 6) is -0.616. The Morgan fingerprint density at radius 1 is 1.75 bits per heavy atom. The van der Waals surface area contributed by atoms with Gasteiger partial charge in [-0.2, -0.15) is 0 Å². The minimum absolute atomic E-state index is 0.156. The summed E-state index contributed by atoms with van der Waals surface area (Å²) in [5, 5.41) is 16.1. The second-order valence-corrected chi connectivity index (χ2v) is 1.91. The first kappa shape index (κ1) is 13.7. The summed E-state index contributed by atoms with van der Waals surface area (Å²) in [6, 6.07) is 0. The molecule has 0 fully saturated rings. The van der Waals surface area contributed by atoms with Gasteiger partial charge in [0.05, 0.1) is 0 Å². The third-order valence-electron chi connectivity index (χ3n) is 0.685. The van der Waals surface area contributed by atoms with Crippen molar-refractivity contribution in [2.45, 2.75) is 20.0 Å². The van der Waals surface area contributed by atoms with Crippen LogP contribution in [0.25, 0.3) is 0 Å². The zero-order chi connectivity index (χ0) is 9.98. The number of hydrogen-bond acceptors (Lipinski definition) is 4. The summed E-state index contributed by atoms with van der Waals surface area (Å²) in [6.07, 6.45) is 0.408. The van der Waals surface area contributed by atoms with Crippen LogP contribution in [0.1, 0.15) is 13.8 Å². The van der Waals surface area contributed by atoms with Crippen molar-refractivity contribution >= 4 is 5.97 Å². The highest BCUT2D eigenvalue weighted by atomic mass is 16.5. The Hall–Kier alpha value is -0.870. The molecule has 72 valence electrons. The number of ether oxygens (including phenoxy) is 1. The fourth-order valence-corrected chi connectivity index (χ4v) is 0.262. The molecule has 0 aromatic carbocycles. The van der Waals surface area contributed by atoms with Gasteiger partial charge in [-0.15, -0.1) is 0 Å². The van der Waals surface area contributed by atoms with Crippen LogP contribution in [0.15, 0.2) is 12.7 Å². The number of hydrogen-bond donors (Lipinski definition) is 2. The average Bonchev–Trinajstić information content (AvgIpc) is 2.01. The lowest BCUT2D eigenvalue weighted by molar-refractivity contribution is -0.151. The second kappa shape index (κ2) is 10.1. The zero-order valence-electron chi connectivity index (χ0n) is 7.49. The van der Waals surface area contributed by atoms with Crippen LogP contribution in [0, 0.1) is 0 Å². The predicted octanol–water partition coefficient (Wildman–Crippen LogP) is 0.0950. The van der Waals surface area contributed by atoms with Crippen LogP contribution >= 0.6 is 0 Å². The highest BCUT2D eigenvalue weighted by Crippen LogP contribution is 1.85. The van der Waals surface area contributed by atoms with Gasteiger partial charge in [0, 0.05) is 6.61 Å². The molecule has 0 aromatic heterocycles. The number of aliphatic hydroxyl groups excluding tert-OH is 2. The first-order valence-corrected chi connectivity index (χ1v) is 3.66. The Balaban J connectivity index is 0. The maximum Gasteiger partial charge on any atom is 0.334 e. The van der Waals surface area contributed by atoms with Gasteiger partial charge in [-0.05, 0) is 13.8 Å². The highest BCUT2D eigenvalue weighted by Gasteiger charge is 2.07. The Kier molecular flexibility index (Phi) is 11.6. The fraction of sp³-hybridized carbons (Fsp3) is 0.625. The molecule has 0 spiro atoms. The molecule has 12 heavy (non-hydrogen) atoms. The van der Waals surface area contributed by atoms with Crippen LogP contribution < -0.4 is 0 Å². The summed E-state index contributed by atoms with van der Waals surface area (Å²) in [6.45, 7) is 6.77. The van der Waals surface area contributed by atoms with E-state index in [1.54, 1.807) is 6.92 Å². The summed E-state index contributed by atoms with van der Waals surface area (Å²) in [7, 11) is 0. The van der Waals surface area contributed by atoms with Gasteiger partial charge in [0.25, 0.3) is 0 Å². The minimum Gasteiger partial charge on any atom is -0.460 e. The van der Waals surface area contributed by atoms with Crippen molar-refractivity contribution in [1.29, 1.82) is 0 Å². The molecule has 0 aliphatic carbocycles. The summed E-state index contributed by atoms with van der Waals surface area (Å²) in [4.78, 5) is 10.4. The number of rotatable bonds is 3. The lowest BCUT2D eigenvalue weighted by Crippen LogP contribution is -2.19. The van der Waals surface area contributed by atoms with E-state index in [1.165, 1.54) is 13.0 Å². The summed E-state index contributed by atoms with van der Waals surface area (Å²) in [5.41, 5.74) is 0. The van der Waals surface area contributed by atoms with E-state index < -0.39 is 12.1 Å². The van der Waals surface area contributed by atoms with Gasteiger partial charge >= 0.3 is 5.97 Å². The van der Waals surface area contributed by atoms with Crippen molar-refractivity contribution in [2.24, 2.45) is 0 Å². The molecule has 0 aromatic rings. The fourth-order valence-electron chi connectivity index (χ4n) is 0.262. The second-order valence-electron chi connectivity index (χ2n) is 1.91. The Morgan fingerprint density at radius 2 is 2.17 bits per heavy atom. The van der Waals surface area contributed by atoms with Gasteiger partial charge in [-0.25, -0.2) is 4.79 Å². The largest absolute Gasteiger partial charge is 0.460 e. The van der Waals surface area contributed by atoms with Crippen LogP contribution in [-0.2, 0) is 9.53 Å². The third kappa shape index (κ3) is 11.9.